The second-order valence-corrected chi connectivity index (χ2v) is 7.73. The highest BCUT2D eigenvalue weighted by atomic mass is 16.4. The Morgan fingerprint density at radius 1 is 1.30 bits per heavy atom. The Morgan fingerprint density at radius 2 is 2.00 bits per heavy atom. The summed E-state index contributed by atoms with van der Waals surface area (Å²) >= 11 is 0. The normalized spacial score (nSPS) is 16.8. The molecule has 9 nitrogen and oxygen atoms in total. The molecule has 0 aliphatic carbocycles. The van der Waals surface area contributed by atoms with Gasteiger partial charge in [0.1, 0.15) is 12.1 Å². The number of anilines is 2. The van der Waals surface area contributed by atoms with E-state index >= 15 is 0 Å². The van der Waals surface area contributed by atoms with Crippen LogP contribution in [0, 0.1) is 5.92 Å². The van der Waals surface area contributed by atoms with Gasteiger partial charge in [-0.2, -0.15) is 0 Å². The molecule has 1 aliphatic heterocycles. The van der Waals surface area contributed by atoms with Crippen LogP contribution in [0.2, 0.25) is 0 Å². The quantitative estimate of drug-likeness (QED) is 0.388. The minimum Gasteiger partial charge on any atom is -0.465 e. The van der Waals surface area contributed by atoms with Gasteiger partial charge < -0.3 is 26.2 Å². The SMILES string of the molecule is C=CCN(C(=O)O)[C@H](C(=O)N[C@@H](C)C(=O)Nc1ccc2c(c1)N[C@H](CO)C2)C(C)C. The summed E-state index contributed by atoms with van der Waals surface area (Å²) < 4.78 is 0. The molecule has 0 bridgehead atoms. The number of nitrogens with one attached hydrogen (secondary N) is 3. The van der Waals surface area contributed by atoms with Crippen molar-refractivity contribution in [3.63, 3.8) is 0 Å². The number of fused-ring (bicyclic) bond motifs is 1. The molecular formula is C21H30N4O5. The Labute approximate surface area is 176 Å². The molecule has 1 aromatic rings. The lowest BCUT2D eigenvalue weighted by molar-refractivity contribution is -0.130. The van der Waals surface area contributed by atoms with Crippen molar-refractivity contribution in [2.75, 3.05) is 23.8 Å². The van der Waals surface area contributed by atoms with E-state index in [0.717, 1.165) is 16.2 Å². The number of hydrogen-bond donors (Lipinski definition) is 5. The van der Waals surface area contributed by atoms with E-state index in [0.29, 0.717) is 12.1 Å². The fourth-order valence-corrected chi connectivity index (χ4v) is 3.48. The van der Waals surface area contributed by atoms with E-state index < -0.39 is 30.0 Å². The number of carbonyl (C=O) groups is 3. The first kappa shape index (κ1) is 23.2. The van der Waals surface area contributed by atoms with Gasteiger partial charge in [-0.25, -0.2) is 4.79 Å². The summed E-state index contributed by atoms with van der Waals surface area (Å²) in [5.74, 6) is -1.26. The maximum absolute atomic E-state index is 12.7. The van der Waals surface area contributed by atoms with Crippen LogP contribution in [0.5, 0.6) is 0 Å². The summed E-state index contributed by atoms with van der Waals surface area (Å²) in [6.45, 7) is 8.58. The highest BCUT2D eigenvalue weighted by Gasteiger charge is 2.33. The largest absolute Gasteiger partial charge is 0.465 e. The first-order chi connectivity index (χ1) is 14.2. The van der Waals surface area contributed by atoms with E-state index in [1.165, 1.54) is 13.0 Å². The van der Waals surface area contributed by atoms with Gasteiger partial charge in [-0.1, -0.05) is 26.0 Å². The number of benzene rings is 1. The smallest absolute Gasteiger partial charge is 0.408 e. The molecule has 2 rings (SSSR count). The molecule has 0 unspecified atom stereocenters. The molecule has 1 aromatic carbocycles. The molecule has 5 N–H and O–H groups in total. The predicted molar refractivity (Wildman–Crippen MR) is 114 cm³/mol. The third kappa shape index (κ3) is 5.50. The predicted octanol–water partition coefficient (Wildman–Crippen LogP) is 1.65. The van der Waals surface area contributed by atoms with Gasteiger partial charge in [0.15, 0.2) is 0 Å². The van der Waals surface area contributed by atoms with Gasteiger partial charge in [0, 0.05) is 17.9 Å². The number of nitrogens with zero attached hydrogens (tertiary/aromatic N) is 1. The lowest BCUT2D eigenvalue weighted by atomic mass is 10.0. The van der Waals surface area contributed by atoms with Crippen LogP contribution < -0.4 is 16.0 Å². The first-order valence-electron chi connectivity index (χ1n) is 9.89. The zero-order valence-corrected chi connectivity index (χ0v) is 17.5. The van der Waals surface area contributed by atoms with E-state index in [4.69, 9.17) is 0 Å². The Bertz CT molecular complexity index is 811. The van der Waals surface area contributed by atoms with Crippen molar-refractivity contribution >= 4 is 29.3 Å². The maximum atomic E-state index is 12.7. The van der Waals surface area contributed by atoms with Crippen LogP contribution in [-0.4, -0.2) is 64.3 Å². The van der Waals surface area contributed by atoms with Gasteiger partial charge in [0.25, 0.3) is 0 Å². The van der Waals surface area contributed by atoms with Gasteiger partial charge in [-0.3, -0.25) is 14.5 Å². The number of carboxylic acid groups (broad SMARTS) is 1. The van der Waals surface area contributed by atoms with Crippen molar-refractivity contribution in [3.05, 3.63) is 36.4 Å². The summed E-state index contributed by atoms with van der Waals surface area (Å²) in [5.41, 5.74) is 2.47. The van der Waals surface area contributed by atoms with E-state index in [-0.39, 0.29) is 25.1 Å². The van der Waals surface area contributed by atoms with Gasteiger partial charge in [-0.05, 0) is 37.0 Å². The van der Waals surface area contributed by atoms with Crippen LogP contribution in [0.4, 0.5) is 16.2 Å². The average Bonchev–Trinajstić information content (AvgIpc) is 3.09. The van der Waals surface area contributed by atoms with Crippen LogP contribution >= 0.6 is 0 Å². The van der Waals surface area contributed by atoms with Crippen LogP contribution in [0.1, 0.15) is 26.3 Å². The van der Waals surface area contributed by atoms with Crippen LogP contribution in [0.3, 0.4) is 0 Å². The molecule has 164 valence electrons. The summed E-state index contributed by atoms with van der Waals surface area (Å²) in [6.07, 6.45) is 0.900. The standard InChI is InChI=1S/C21H30N4O5/c1-5-8-25(21(29)30)18(12(2)3)20(28)22-13(4)19(27)24-15-7-6-14-9-16(11-26)23-17(14)10-15/h5-7,10,12-13,16,18,23,26H,1,8-9,11H2,2-4H3,(H,22,28)(H,24,27)(H,29,30)/t13-,16-,18-/m0/s1. The van der Waals surface area contributed by atoms with Gasteiger partial charge in [0.2, 0.25) is 11.8 Å². The molecule has 3 atom stereocenters. The third-order valence-electron chi connectivity index (χ3n) is 4.98. The summed E-state index contributed by atoms with van der Waals surface area (Å²) in [6, 6.07) is 3.57. The summed E-state index contributed by atoms with van der Waals surface area (Å²) in [4.78, 5) is 37.8. The van der Waals surface area contributed by atoms with Crippen molar-refractivity contribution in [1.29, 1.82) is 0 Å². The molecule has 0 saturated heterocycles. The zero-order chi connectivity index (χ0) is 22.4. The van der Waals surface area contributed by atoms with E-state index in [2.05, 4.69) is 22.5 Å². The Balaban J connectivity index is 2.03. The van der Waals surface area contributed by atoms with E-state index in [1.807, 2.05) is 6.07 Å². The Morgan fingerprint density at radius 3 is 2.57 bits per heavy atom. The molecule has 0 spiro atoms. The lowest BCUT2D eigenvalue weighted by Crippen LogP contribution is -2.55. The second-order valence-electron chi connectivity index (χ2n) is 7.73. The topological polar surface area (TPSA) is 131 Å². The van der Waals surface area contributed by atoms with Gasteiger partial charge >= 0.3 is 6.09 Å². The Hall–Kier alpha value is -3.07. The fraction of sp³-hybridized carbons (Fsp3) is 0.476. The minimum absolute atomic E-state index is 0.00311. The number of carbonyl (C=O) groups excluding carboxylic acids is 2. The van der Waals surface area contributed by atoms with E-state index in [1.54, 1.807) is 26.0 Å². The molecule has 9 heteroatoms. The van der Waals surface area contributed by atoms with Crippen molar-refractivity contribution in [2.24, 2.45) is 5.92 Å². The molecule has 0 fully saturated rings. The van der Waals surface area contributed by atoms with Crippen molar-refractivity contribution in [3.8, 4) is 0 Å². The number of aliphatic hydroxyl groups is 1. The summed E-state index contributed by atoms with van der Waals surface area (Å²) in [5, 5.41) is 27.2. The molecule has 0 saturated carbocycles. The lowest BCUT2D eigenvalue weighted by Gasteiger charge is -2.31. The molecular weight excluding hydrogens is 388 g/mol. The molecule has 0 aromatic heterocycles. The molecule has 1 aliphatic rings. The van der Waals surface area contributed by atoms with Crippen molar-refractivity contribution in [1.82, 2.24) is 10.2 Å². The fourth-order valence-electron chi connectivity index (χ4n) is 3.48. The second kappa shape index (κ2) is 10.1. The van der Waals surface area contributed by atoms with Crippen molar-refractivity contribution in [2.45, 2.75) is 45.3 Å². The molecule has 1 heterocycles. The average molecular weight is 418 g/mol. The van der Waals surface area contributed by atoms with Gasteiger partial charge in [0.05, 0.1) is 12.6 Å². The minimum atomic E-state index is -1.23. The molecule has 30 heavy (non-hydrogen) atoms. The molecule has 0 radical (unpaired) electrons. The van der Waals surface area contributed by atoms with Crippen LogP contribution in [0.25, 0.3) is 0 Å². The number of amides is 3. The highest BCUT2D eigenvalue weighted by Crippen LogP contribution is 2.28. The Kier molecular flexibility index (Phi) is 7.82. The van der Waals surface area contributed by atoms with Crippen molar-refractivity contribution < 1.29 is 24.6 Å². The van der Waals surface area contributed by atoms with E-state index in [9.17, 15) is 24.6 Å². The van der Waals surface area contributed by atoms with Crippen LogP contribution in [0.15, 0.2) is 30.9 Å². The van der Waals surface area contributed by atoms with Crippen LogP contribution in [-0.2, 0) is 16.0 Å². The summed E-state index contributed by atoms with van der Waals surface area (Å²) in [7, 11) is 0. The highest BCUT2D eigenvalue weighted by molar-refractivity contribution is 5.98. The third-order valence-corrected chi connectivity index (χ3v) is 4.98. The first-order valence-corrected chi connectivity index (χ1v) is 9.89. The number of aliphatic hydroxyl groups excluding tert-OH is 1. The number of rotatable bonds is 9. The number of hydrogen-bond acceptors (Lipinski definition) is 5. The molecule has 3 amide bonds. The monoisotopic (exact) mass is 418 g/mol. The van der Waals surface area contributed by atoms with Gasteiger partial charge in [-0.15, -0.1) is 6.58 Å². The zero-order valence-electron chi connectivity index (χ0n) is 17.5. The maximum Gasteiger partial charge on any atom is 0.408 e.